The van der Waals surface area contributed by atoms with E-state index in [4.69, 9.17) is 10.7 Å². The SMILES string of the molecule is CC1(C)CCN(c2nc(-c3ccccc3)c(CN)s2)CC1. The van der Waals surface area contributed by atoms with Crippen LogP contribution in [-0.2, 0) is 6.54 Å². The van der Waals surface area contributed by atoms with E-state index in [0.717, 1.165) is 29.5 Å². The Kier molecular flexibility index (Phi) is 4.00. The summed E-state index contributed by atoms with van der Waals surface area (Å²) in [5, 5.41) is 1.13. The molecule has 0 atom stereocenters. The summed E-state index contributed by atoms with van der Waals surface area (Å²) in [6.07, 6.45) is 2.45. The first-order valence-corrected chi connectivity index (χ1v) is 8.41. The number of aromatic nitrogens is 1. The molecule has 2 N–H and O–H groups in total. The van der Waals surface area contributed by atoms with Gasteiger partial charge in [-0.2, -0.15) is 0 Å². The van der Waals surface area contributed by atoms with Gasteiger partial charge in [0.2, 0.25) is 0 Å². The average molecular weight is 301 g/mol. The molecule has 2 aromatic rings. The minimum absolute atomic E-state index is 0.465. The number of anilines is 1. The molecule has 1 aromatic heterocycles. The molecular formula is C17H23N3S. The normalized spacial score (nSPS) is 18.0. The van der Waals surface area contributed by atoms with Crippen molar-refractivity contribution in [3.05, 3.63) is 35.2 Å². The monoisotopic (exact) mass is 301 g/mol. The van der Waals surface area contributed by atoms with Gasteiger partial charge in [-0.15, -0.1) is 0 Å². The van der Waals surface area contributed by atoms with Gasteiger partial charge in [-0.3, -0.25) is 0 Å². The van der Waals surface area contributed by atoms with Gasteiger partial charge in [-0.05, 0) is 18.3 Å². The molecule has 0 bridgehead atoms. The molecule has 0 radical (unpaired) electrons. The summed E-state index contributed by atoms with van der Waals surface area (Å²) in [6, 6.07) is 10.4. The zero-order valence-corrected chi connectivity index (χ0v) is 13.6. The summed E-state index contributed by atoms with van der Waals surface area (Å²) < 4.78 is 0. The molecule has 112 valence electrons. The fourth-order valence-corrected chi connectivity index (χ4v) is 3.75. The van der Waals surface area contributed by atoms with Crippen molar-refractivity contribution >= 4 is 16.5 Å². The van der Waals surface area contributed by atoms with Crippen LogP contribution in [0.15, 0.2) is 30.3 Å². The second-order valence-corrected chi connectivity index (χ2v) is 7.55. The quantitative estimate of drug-likeness (QED) is 0.935. The standard InChI is InChI=1S/C17H23N3S/c1-17(2)8-10-20(11-9-17)16-19-15(14(12-18)21-16)13-6-4-3-5-7-13/h3-7H,8-12,18H2,1-2H3. The molecule has 4 heteroatoms. The first kappa shape index (κ1) is 14.5. The van der Waals surface area contributed by atoms with Crippen LogP contribution in [0.1, 0.15) is 31.6 Å². The van der Waals surface area contributed by atoms with Gasteiger partial charge in [-0.1, -0.05) is 55.5 Å². The number of hydrogen-bond donors (Lipinski definition) is 1. The van der Waals surface area contributed by atoms with E-state index in [0.29, 0.717) is 12.0 Å². The maximum atomic E-state index is 5.93. The minimum Gasteiger partial charge on any atom is -0.348 e. The number of hydrogen-bond acceptors (Lipinski definition) is 4. The second kappa shape index (κ2) is 5.78. The van der Waals surface area contributed by atoms with E-state index < -0.39 is 0 Å². The third kappa shape index (κ3) is 3.11. The summed E-state index contributed by atoms with van der Waals surface area (Å²) in [6.45, 7) is 7.46. The fraction of sp³-hybridized carbons (Fsp3) is 0.471. The van der Waals surface area contributed by atoms with Gasteiger partial charge < -0.3 is 10.6 Å². The minimum atomic E-state index is 0.465. The highest BCUT2D eigenvalue weighted by molar-refractivity contribution is 7.16. The number of nitrogens with two attached hydrogens (primary N) is 1. The lowest BCUT2D eigenvalue weighted by molar-refractivity contribution is 0.280. The van der Waals surface area contributed by atoms with Crippen molar-refractivity contribution in [1.82, 2.24) is 4.98 Å². The summed E-state index contributed by atoms with van der Waals surface area (Å²) in [7, 11) is 0. The zero-order chi connectivity index (χ0) is 14.9. The Morgan fingerprint density at radius 3 is 2.48 bits per heavy atom. The van der Waals surface area contributed by atoms with Gasteiger partial charge in [-0.25, -0.2) is 4.98 Å². The van der Waals surface area contributed by atoms with Crippen molar-refractivity contribution in [1.29, 1.82) is 0 Å². The van der Waals surface area contributed by atoms with E-state index in [1.807, 2.05) is 6.07 Å². The fourth-order valence-electron chi connectivity index (χ4n) is 2.74. The Morgan fingerprint density at radius 2 is 1.86 bits per heavy atom. The molecule has 3 nitrogen and oxygen atoms in total. The first-order valence-electron chi connectivity index (χ1n) is 7.59. The van der Waals surface area contributed by atoms with Gasteiger partial charge >= 0.3 is 0 Å². The van der Waals surface area contributed by atoms with E-state index in [1.165, 1.54) is 17.7 Å². The second-order valence-electron chi connectivity index (χ2n) is 6.49. The molecule has 3 rings (SSSR count). The van der Waals surface area contributed by atoms with Crippen LogP contribution in [0.4, 0.5) is 5.13 Å². The van der Waals surface area contributed by atoms with E-state index >= 15 is 0 Å². The molecule has 21 heavy (non-hydrogen) atoms. The van der Waals surface area contributed by atoms with Crippen molar-refractivity contribution in [2.45, 2.75) is 33.2 Å². The van der Waals surface area contributed by atoms with Crippen molar-refractivity contribution in [2.75, 3.05) is 18.0 Å². The zero-order valence-electron chi connectivity index (χ0n) is 12.8. The summed E-state index contributed by atoms with van der Waals surface area (Å²) in [4.78, 5) is 8.49. The molecule has 0 amide bonds. The Balaban J connectivity index is 1.87. The third-order valence-corrected chi connectivity index (χ3v) is 5.44. The lowest BCUT2D eigenvalue weighted by Gasteiger charge is -2.36. The van der Waals surface area contributed by atoms with Crippen LogP contribution in [0.5, 0.6) is 0 Å². The molecule has 0 unspecified atom stereocenters. The van der Waals surface area contributed by atoms with Gasteiger partial charge in [0.15, 0.2) is 5.13 Å². The lowest BCUT2D eigenvalue weighted by Crippen LogP contribution is -2.37. The van der Waals surface area contributed by atoms with Gasteiger partial charge in [0, 0.05) is 30.1 Å². The van der Waals surface area contributed by atoms with Gasteiger partial charge in [0.05, 0.1) is 5.69 Å². The first-order chi connectivity index (χ1) is 10.1. The van der Waals surface area contributed by atoms with Crippen LogP contribution in [0.25, 0.3) is 11.3 Å². The molecule has 1 aliphatic rings. The van der Waals surface area contributed by atoms with Crippen LogP contribution in [0.3, 0.4) is 0 Å². The summed E-state index contributed by atoms with van der Waals surface area (Å²) in [5.74, 6) is 0. The highest BCUT2D eigenvalue weighted by Gasteiger charge is 2.27. The Hall–Kier alpha value is -1.39. The van der Waals surface area contributed by atoms with E-state index in [1.54, 1.807) is 11.3 Å². The molecule has 2 heterocycles. The van der Waals surface area contributed by atoms with Gasteiger partial charge in [0.25, 0.3) is 0 Å². The number of thiazole rings is 1. The maximum Gasteiger partial charge on any atom is 0.186 e. The van der Waals surface area contributed by atoms with Crippen LogP contribution in [0.2, 0.25) is 0 Å². The van der Waals surface area contributed by atoms with Gasteiger partial charge in [0.1, 0.15) is 0 Å². The topological polar surface area (TPSA) is 42.2 Å². The molecule has 1 fully saturated rings. The molecule has 1 saturated heterocycles. The summed E-state index contributed by atoms with van der Waals surface area (Å²) >= 11 is 1.75. The van der Waals surface area contributed by atoms with Crippen molar-refractivity contribution in [3.8, 4) is 11.3 Å². The van der Waals surface area contributed by atoms with Crippen LogP contribution < -0.4 is 10.6 Å². The molecule has 1 aliphatic heterocycles. The van der Waals surface area contributed by atoms with Crippen LogP contribution in [0, 0.1) is 5.41 Å². The molecule has 0 saturated carbocycles. The van der Waals surface area contributed by atoms with Crippen molar-refractivity contribution in [3.63, 3.8) is 0 Å². The van der Waals surface area contributed by atoms with E-state index in [9.17, 15) is 0 Å². The Morgan fingerprint density at radius 1 is 1.19 bits per heavy atom. The predicted molar refractivity (Wildman–Crippen MR) is 90.7 cm³/mol. The Labute approximate surface area is 130 Å². The highest BCUT2D eigenvalue weighted by atomic mass is 32.1. The molecule has 0 spiro atoms. The maximum absolute atomic E-state index is 5.93. The van der Waals surface area contributed by atoms with Crippen molar-refractivity contribution < 1.29 is 0 Å². The number of piperidine rings is 1. The number of benzene rings is 1. The van der Waals surface area contributed by atoms with Crippen LogP contribution >= 0.6 is 11.3 Å². The lowest BCUT2D eigenvalue weighted by atomic mass is 9.83. The van der Waals surface area contributed by atoms with E-state index in [2.05, 4.69) is 43.0 Å². The summed E-state index contributed by atoms with van der Waals surface area (Å²) in [5.41, 5.74) is 8.61. The number of nitrogens with zero attached hydrogens (tertiary/aromatic N) is 2. The van der Waals surface area contributed by atoms with E-state index in [-0.39, 0.29) is 0 Å². The highest BCUT2D eigenvalue weighted by Crippen LogP contribution is 2.37. The smallest absolute Gasteiger partial charge is 0.186 e. The Bertz CT molecular complexity index is 594. The molecule has 1 aromatic carbocycles. The molecule has 0 aliphatic carbocycles. The average Bonchev–Trinajstić information content (AvgIpc) is 2.92. The van der Waals surface area contributed by atoms with Crippen molar-refractivity contribution in [2.24, 2.45) is 11.1 Å². The molecular weight excluding hydrogens is 278 g/mol. The largest absolute Gasteiger partial charge is 0.348 e. The number of rotatable bonds is 3. The van der Waals surface area contributed by atoms with Crippen LogP contribution in [-0.4, -0.2) is 18.1 Å². The predicted octanol–water partition coefficient (Wildman–Crippen LogP) is 3.90. The third-order valence-electron chi connectivity index (χ3n) is 4.31.